The molecule has 72 valence electrons. The van der Waals surface area contributed by atoms with Crippen LogP contribution in [0.2, 0.25) is 0 Å². The predicted molar refractivity (Wildman–Crippen MR) is 61.5 cm³/mol. The van der Waals surface area contributed by atoms with Crippen molar-refractivity contribution in [1.82, 2.24) is 0 Å². The second-order valence-corrected chi connectivity index (χ2v) is 1.46. The third-order valence-corrected chi connectivity index (χ3v) is 0.730. The first-order valence-corrected chi connectivity index (χ1v) is 4.86. The molecule has 0 heteroatoms. The Morgan fingerprint density at radius 2 is 1.42 bits per heavy atom. The highest BCUT2D eigenvalue weighted by molar-refractivity contribution is 5.08. The van der Waals surface area contributed by atoms with Crippen molar-refractivity contribution in [3.8, 4) is 0 Å². The summed E-state index contributed by atoms with van der Waals surface area (Å²) in [6.45, 7) is 13.6. The highest BCUT2D eigenvalue weighted by Crippen LogP contribution is 1.80. The van der Waals surface area contributed by atoms with Gasteiger partial charge in [-0.25, -0.2) is 0 Å². The van der Waals surface area contributed by atoms with Crippen molar-refractivity contribution in [3.05, 3.63) is 37.0 Å². The normalized spacial score (nSPS) is 8.42. The van der Waals surface area contributed by atoms with E-state index in [0.29, 0.717) is 0 Å². The van der Waals surface area contributed by atoms with E-state index in [1.807, 2.05) is 45.9 Å². The summed E-state index contributed by atoms with van der Waals surface area (Å²) in [7, 11) is 0. The van der Waals surface area contributed by atoms with Crippen LogP contribution in [0, 0.1) is 0 Å². The van der Waals surface area contributed by atoms with Crippen LogP contribution in [0.4, 0.5) is 0 Å². The minimum atomic E-state index is 1.10. The Hall–Kier alpha value is -0.780. The molecule has 0 radical (unpaired) electrons. The van der Waals surface area contributed by atoms with E-state index in [9.17, 15) is 0 Å². The summed E-state index contributed by atoms with van der Waals surface area (Å²) < 4.78 is 0. The standard InChI is InChI=1S/C8H12.2C2H6/c1-3-5-7-8-6-4-2;2*1-2/h3,5-8H,1,4H2,2H3;2*1-2H3/b7-5-,8-6-;;. The topological polar surface area (TPSA) is 0 Å². The van der Waals surface area contributed by atoms with Gasteiger partial charge in [-0.2, -0.15) is 0 Å². The van der Waals surface area contributed by atoms with E-state index in [1.165, 1.54) is 0 Å². The average Bonchev–Trinajstić information content (AvgIpc) is 2.19. The SMILES string of the molecule is C=C/C=C\C=C/CC.CC.CC. The lowest BCUT2D eigenvalue weighted by atomic mass is 10.4. The maximum Gasteiger partial charge on any atom is -0.0376 e. The molecule has 0 aliphatic carbocycles. The van der Waals surface area contributed by atoms with Gasteiger partial charge in [0.1, 0.15) is 0 Å². The van der Waals surface area contributed by atoms with Crippen LogP contribution in [-0.4, -0.2) is 0 Å². The Balaban J connectivity index is -0.000000175. The molecule has 12 heavy (non-hydrogen) atoms. The van der Waals surface area contributed by atoms with E-state index in [1.54, 1.807) is 6.08 Å². The van der Waals surface area contributed by atoms with E-state index in [2.05, 4.69) is 19.6 Å². The number of allylic oxidation sites excluding steroid dienone is 5. The maximum absolute atomic E-state index is 3.54. The summed E-state index contributed by atoms with van der Waals surface area (Å²) in [6, 6.07) is 0. The fourth-order valence-corrected chi connectivity index (χ4v) is 0.357. The Morgan fingerprint density at radius 3 is 1.75 bits per heavy atom. The van der Waals surface area contributed by atoms with Crippen LogP contribution in [0.3, 0.4) is 0 Å². The van der Waals surface area contributed by atoms with E-state index in [4.69, 9.17) is 0 Å². The molecule has 0 bridgehead atoms. The van der Waals surface area contributed by atoms with Gasteiger partial charge < -0.3 is 0 Å². The summed E-state index contributed by atoms with van der Waals surface area (Å²) in [5, 5.41) is 0. The summed E-state index contributed by atoms with van der Waals surface area (Å²) in [6.07, 6.45) is 10.9. The Kier molecular flexibility index (Phi) is 46.1. The Labute approximate surface area is 78.7 Å². The molecule has 0 fully saturated rings. The average molecular weight is 168 g/mol. The Morgan fingerprint density at radius 1 is 0.917 bits per heavy atom. The molecule has 0 N–H and O–H groups in total. The van der Waals surface area contributed by atoms with Crippen molar-refractivity contribution < 1.29 is 0 Å². The van der Waals surface area contributed by atoms with E-state index in [0.717, 1.165) is 6.42 Å². The zero-order chi connectivity index (χ0) is 10.2. The third kappa shape index (κ3) is 35.0. The highest BCUT2D eigenvalue weighted by Gasteiger charge is 1.59. The minimum Gasteiger partial charge on any atom is -0.0991 e. The van der Waals surface area contributed by atoms with Crippen LogP contribution < -0.4 is 0 Å². The fourth-order valence-electron chi connectivity index (χ4n) is 0.357. The third-order valence-electron chi connectivity index (χ3n) is 0.730. The molecule has 0 aromatic rings. The molecule has 0 rings (SSSR count). The number of hydrogen-bond acceptors (Lipinski definition) is 0. The molecule has 0 saturated heterocycles. The number of rotatable bonds is 3. The van der Waals surface area contributed by atoms with Gasteiger partial charge in [-0.3, -0.25) is 0 Å². The monoisotopic (exact) mass is 168 g/mol. The lowest BCUT2D eigenvalue weighted by molar-refractivity contribution is 1.22. The first-order valence-electron chi connectivity index (χ1n) is 4.86. The molecule has 0 saturated carbocycles. The van der Waals surface area contributed by atoms with Gasteiger partial charge in [0.2, 0.25) is 0 Å². The van der Waals surface area contributed by atoms with Gasteiger partial charge in [-0.15, -0.1) is 0 Å². The summed E-state index contributed by atoms with van der Waals surface area (Å²) in [5.41, 5.74) is 0. The molecule has 0 aliphatic rings. The molecular formula is C12H24. The first-order chi connectivity index (χ1) is 5.91. The molecule has 0 aromatic carbocycles. The fraction of sp³-hybridized carbons (Fsp3) is 0.500. The van der Waals surface area contributed by atoms with Crippen LogP contribution in [-0.2, 0) is 0 Å². The summed E-state index contributed by atoms with van der Waals surface area (Å²) >= 11 is 0. The second kappa shape index (κ2) is 31.9. The van der Waals surface area contributed by atoms with Crippen molar-refractivity contribution >= 4 is 0 Å². The van der Waals surface area contributed by atoms with Crippen LogP contribution in [0.25, 0.3) is 0 Å². The summed E-state index contributed by atoms with van der Waals surface area (Å²) in [5.74, 6) is 0. The molecule has 0 aromatic heterocycles. The molecule has 0 atom stereocenters. The summed E-state index contributed by atoms with van der Waals surface area (Å²) in [4.78, 5) is 0. The highest BCUT2D eigenvalue weighted by atomic mass is 13.7. The van der Waals surface area contributed by atoms with Gasteiger partial charge in [-0.05, 0) is 6.42 Å². The molecular weight excluding hydrogens is 144 g/mol. The molecule has 0 amide bonds. The van der Waals surface area contributed by atoms with Crippen molar-refractivity contribution in [2.24, 2.45) is 0 Å². The largest absolute Gasteiger partial charge is 0.0991 e. The van der Waals surface area contributed by atoms with Crippen LogP contribution in [0.15, 0.2) is 37.0 Å². The number of hydrogen-bond donors (Lipinski definition) is 0. The van der Waals surface area contributed by atoms with Gasteiger partial charge in [-0.1, -0.05) is 71.6 Å². The van der Waals surface area contributed by atoms with Crippen molar-refractivity contribution in [3.63, 3.8) is 0 Å². The van der Waals surface area contributed by atoms with Crippen molar-refractivity contribution in [2.75, 3.05) is 0 Å². The lowest BCUT2D eigenvalue weighted by Gasteiger charge is -1.71. The zero-order valence-electron chi connectivity index (χ0n) is 9.30. The Bertz CT molecular complexity index is 96.6. The van der Waals surface area contributed by atoms with E-state index < -0.39 is 0 Å². The van der Waals surface area contributed by atoms with Crippen molar-refractivity contribution in [1.29, 1.82) is 0 Å². The molecule has 0 heterocycles. The zero-order valence-corrected chi connectivity index (χ0v) is 9.30. The smallest absolute Gasteiger partial charge is 0.0376 e. The quantitative estimate of drug-likeness (QED) is 0.534. The lowest BCUT2D eigenvalue weighted by Crippen LogP contribution is -1.49. The van der Waals surface area contributed by atoms with Gasteiger partial charge in [0, 0.05) is 0 Å². The van der Waals surface area contributed by atoms with Crippen molar-refractivity contribution in [2.45, 2.75) is 41.0 Å². The minimum absolute atomic E-state index is 1.10. The second-order valence-electron chi connectivity index (χ2n) is 1.46. The van der Waals surface area contributed by atoms with Gasteiger partial charge in [0.15, 0.2) is 0 Å². The van der Waals surface area contributed by atoms with Crippen LogP contribution in [0.5, 0.6) is 0 Å². The van der Waals surface area contributed by atoms with E-state index >= 15 is 0 Å². The molecule has 0 spiro atoms. The molecule has 0 unspecified atom stereocenters. The van der Waals surface area contributed by atoms with Crippen LogP contribution in [0.1, 0.15) is 41.0 Å². The maximum atomic E-state index is 3.54. The van der Waals surface area contributed by atoms with Crippen LogP contribution >= 0.6 is 0 Å². The van der Waals surface area contributed by atoms with Gasteiger partial charge in [0.25, 0.3) is 0 Å². The molecule has 0 nitrogen and oxygen atoms in total. The van der Waals surface area contributed by atoms with Gasteiger partial charge >= 0.3 is 0 Å². The molecule has 0 aliphatic heterocycles. The van der Waals surface area contributed by atoms with E-state index in [-0.39, 0.29) is 0 Å². The predicted octanol–water partition coefficient (Wildman–Crippen LogP) is 4.75. The van der Waals surface area contributed by atoms with Gasteiger partial charge in [0.05, 0.1) is 0 Å². The first kappa shape index (κ1) is 17.3.